The summed E-state index contributed by atoms with van der Waals surface area (Å²) in [5.74, 6) is -0.882. The van der Waals surface area contributed by atoms with E-state index in [2.05, 4.69) is 5.10 Å². The molecule has 2 aromatic rings. The van der Waals surface area contributed by atoms with E-state index < -0.39 is 5.97 Å². The zero-order chi connectivity index (χ0) is 17.8. The zero-order valence-electron chi connectivity index (χ0n) is 14.3. The van der Waals surface area contributed by atoms with Crippen LogP contribution in [0.3, 0.4) is 0 Å². The van der Waals surface area contributed by atoms with Crippen LogP contribution in [0.1, 0.15) is 54.1 Å². The second-order valence-corrected chi connectivity index (χ2v) is 6.44. The Kier molecular flexibility index (Phi) is 5.16. The van der Waals surface area contributed by atoms with Gasteiger partial charge in [-0.25, -0.2) is 4.79 Å². The molecule has 0 bridgehead atoms. The molecule has 1 aliphatic rings. The van der Waals surface area contributed by atoms with Gasteiger partial charge < -0.3 is 10.0 Å². The molecule has 3 rings (SSSR count). The number of aromatic nitrogens is 2. The molecule has 0 spiro atoms. The van der Waals surface area contributed by atoms with Gasteiger partial charge in [-0.05, 0) is 24.8 Å². The van der Waals surface area contributed by atoms with E-state index in [1.807, 2.05) is 42.2 Å². The van der Waals surface area contributed by atoms with Crippen LogP contribution < -0.4 is 0 Å². The Labute approximate surface area is 147 Å². The van der Waals surface area contributed by atoms with E-state index in [0.717, 1.165) is 24.8 Å². The van der Waals surface area contributed by atoms with E-state index in [4.69, 9.17) is 5.11 Å². The van der Waals surface area contributed by atoms with E-state index in [-0.39, 0.29) is 23.4 Å². The van der Waals surface area contributed by atoms with Crippen molar-refractivity contribution in [1.82, 2.24) is 14.7 Å². The second kappa shape index (κ2) is 7.51. The second-order valence-electron chi connectivity index (χ2n) is 6.44. The minimum Gasteiger partial charge on any atom is -0.478 e. The maximum Gasteiger partial charge on any atom is 0.338 e. The van der Waals surface area contributed by atoms with Gasteiger partial charge in [0.05, 0.1) is 23.7 Å². The number of piperidine rings is 1. The van der Waals surface area contributed by atoms with Crippen LogP contribution in [0.15, 0.2) is 42.7 Å². The third-order valence-corrected chi connectivity index (χ3v) is 4.91. The van der Waals surface area contributed by atoms with Crippen molar-refractivity contribution in [1.29, 1.82) is 0 Å². The fourth-order valence-electron chi connectivity index (χ4n) is 3.46. The molecular formula is C19H23N3O3. The van der Waals surface area contributed by atoms with Gasteiger partial charge in [0, 0.05) is 19.3 Å². The highest BCUT2D eigenvalue weighted by atomic mass is 16.4. The highest BCUT2D eigenvalue weighted by Crippen LogP contribution is 2.27. The first kappa shape index (κ1) is 17.2. The number of amides is 1. The van der Waals surface area contributed by atoms with Crippen LogP contribution in [0, 0.1) is 0 Å². The van der Waals surface area contributed by atoms with Gasteiger partial charge in [0.15, 0.2) is 0 Å². The Morgan fingerprint density at radius 1 is 1.24 bits per heavy atom. The van der Waals surface area contributed by atoms with Gasteiger partial charge in [-0.1, -0.05) is 37.3 Å². The molecule has 1 aromatic carbocycles. The number of benzene rings is 1. The Morgan fingerprint density at radius 3 is 2.48 bits per heavy atom. The minimum absolute atomic E-state index is 0.0962. The third-order valence-electron chi connectivity index (χ3n) is 4.91. The van der Waals surface area contributed by atoms with Crippen LogP contribution in [0.2, 0.25) is 0 Å². The number of rotatable bonds is 5. The van der Waals surface area contributed by atoms with Crippen molar-refractivity contribution in [3.05, 3.63) is 53.9 Å². The minimum atomic E-state index is -0.965. The molecule has 132 valence electrons. The first-order chi connectivity index (χ1) is 12.1. The summed E-state index contributed by atoms with van der Waals surface area (Å²) in [6, 6.07) is 10.1. The van der Waals surface area contributed by atoms with Gasteiger partial charge >= 0.3 is 5.97 Å². The van der Waals surface area contributed by atoms with Crippen LogP contribution in [0.5, 0.6) is 0 Å². The van der Waals surface area contributed by atoms with Gasteiger partial charge in [0.1, 0.15) is 0 Å². The largest absolute Gasteiger partial charge is 0.478 e. The highest BCUT2D eigenvalue weighted by Gasteiger charge is 2.29. The quantitative estimate of drug-likeness (QED) is 0.907. The number of carbonyl (C=O) groups excluding carboxylic acids is 1. The Balaban J connectivity index is 1.63. The summed E-state index contributed by atoms with van der Waals surface area (Å²) in [5, 5.41) is 13.2. The fourth-order valence-corrected chi connectivity index (χ4v) is 3.46. The monoisotopic (exact) mass is 341 g/mol. The van der Waals surface area contributed by atoms with Gasteiger partial charge in [-0.2, -0.15) is 5.10 Å². The van der Waals surface area contributed by atoms with E-state index in [0.29, 0.717) is 13.1 Å². The van der Waals surface area contributed by atoms with Gasteiger partial charge in [-0.15, -0.1) is 0 Å². The lowest BCUT2D eigenvalue weighted by Gasteiger charge is -2.34. The van der Waals surface area contributed by atoms with Gasteiger partial charge in [0.2, 0.25) is 5.91 Å². The van der Waals surface area contributed by atoms with E-state index >= 15 is 0 Å². The molecule has 1 saturated heterocycles. The maximum absolute atomic E-state index is 12.9. The van der Waals surface area contributed by atoms with Crippen LogP contribution in [-0.2, 0) is 4.79 Å². The van der Waals surface area contributed by atoms with E-state index in [9.17, 15) is 9.59 Å². The van der Waals surface area contributed by atoms with E-state index in [1.165, 1.54) is 6.20 Å². The number of hydrogen-bond donors (Lipinski definition) is 1. The highest BCUT2D eigenvalue weighted by molar-refractivity contribution is 5.86. The molecule has 0 saturated carbocycles. The average Bonchev–Trinajstić information content (AvgIpc) is 3.14. The number of nitrogens with zero attached hydrogens (tertiary/aromatic N) is 3. The molecule has 1 aromatic heterocycles. The number of likely N-dealkylation sites (tertiary alicyclic amines) is 1. The zero-order valence-corrected chi connectivity index (χ0v) is 14.3. The summed E-state index contributed by atoms with van der Waals surface area (Å²) >= 11 is 0. The van der Waals surface area contributed by atoms with Gasteiger partial charge in [0.25, 0.3) is 0 Å². The van der Waals surface area contributed by atoms with Crippen molar-refractivity contribution in [3.63, 3.8) is 0 Å². The molecule has 1 amide bonds. The molecule has 0 radical (unpaired) electrons. The summed E-state index contributed by atoms with van der Waals surface area (Å²) in [6.07, 6.45) is 5.31. The number of carbonyl (C=O) groups is 2. The van der Waals surface area contributed by atoms with Crippen molar-refractivity contribution in [2.45, 2.75) is 38.1 Å². The molecule has 2 heterocycles. The molecular weight excluding hydrogens is 318 g/mol. The summed E-state index contributed by atoms with van der Waals surface area (Å²) in [6.45, 7) is 3.39. The smallest absolute Gasteiger partial charge is 0.338 e. The van der Waals surface area contributed by atoms with Crippen LogP contribution in [0.4, 0.5) is 0 Å². The van der Waals surface area contributed by atoms with Gasteiger partial charge in [-0.3, -0.25) is 9.48 Å². The van der Waals surface area contributed by atoms with Crippen molar-refractivity contribution in [2.75, 3.05) is 13.1 Å². The third kappa shape index (κ3) is 3.73. The molecule has 1 fully saturated rings. The van der Waals surface area contributed by atoms with Crippen molar-refractivity contribution in [2.24, 2.45) is 0 Å². The fraction of sp³-hybridized carbons (Fsp3) is 0.421. The molecule has 0 unspecified atom stereocenters. The first-order valence-electron chi connectivity index (χ1n) is 8.71. The lowest BCUT2D eigenvalue weighted by Crippen LogP contribution is -2.41. The average molecular weight is 341 g/mol. The number of carboxylic acid groups (broad SMARTS) is 1. The Bertz CT molecular complexity index is 733. The van der Waals surface area contributed by atoms with Crippen LogP contribution >= 0.6 is 0 Å². The predicted octanol–water partition coefficient (Wildman–Crippen LogP) is 2.94. The van der Waals surface area contributed by atoms with Crippen molar-refractivity contribution >= 4 is 11.9 Å². The standard InChI is InChI=1S/C19H23N3O3/c1-2-17(14-6-4-3-5-7-14)18(23)21-10-8-16(9-11-21)22-13-15(12-20-22)19(24)25/h3-7,12-13,16-17H,2,8-11H2,1H3,(H,24,25)/t17-/m1/s1. The maximum atomic E-state index is 12.9. The van der Waals surface area contributed by atoms with Crippen molar-refractivity contribution < 1.29 is 14.7 Å². The van der Waals surface area contributed by atoms with E-state index in [1.54, 1.807) is 10.9 Å². The number of hydrogen-bond acceptors (Lipinski definition) is 3. The molecule has 1 atom stereocenters. The number of aromatic carboxylic acids is 1. The topological polar surface area (TPSA) is 75.4 Å². The summed E-state index contributed by atoms with van der Waals surface area (Å²) in [5.41, 5.74) is 1.27. The Morgan fingerprint density at radius 2 is 1.92 bits per heavy atom. The summed E-state index contributed by atoms with van der Waals surface area (Å²) < 4.78 is 1.72. The first-order valence-corrected chi connectivity index (χ1v) is 8.71. The molecule has 1 aliphatic heterocycles. The molecule has 6 nitrogen and oxygen atoms in total. The van der Waals surface area contributed by atoms with Crippen LogP contribution in [0.25, 0.3) is 0 Å². The lowest BCUT2D eigenvalue weighted by atomic mass is 9.93. The Hall–Kier alpha value is -2.63. The summed E-state index contributed by atoms with van der Waals surface area (Å²) in [7, 11) is 0. The normalized spacial score (nSPS) is 16.6. The molecule has 1 N–H and O–H groups in total. The molecule has 25 heavy (non-hydrogen) atoms. The van der Waals surface area contributed by atoms with Crippen LogP contribution in [-0.4, -0.2) is 44.8 Å². The predicted molar refractivity (Wildman–Crippen MR) is 93.5 cm³/mol. The molecule has 6 heteroatoms. The summed E-state index contributed by atoms with van der Waals surface area (Å²) in [4.78, 5) is 25.8. The van der Waals surface area contributed by atoms with Crippen molar-refractivity contribution in [3.8, 4) is 0 Å². The molecule has 0 aliphatic carbocycles. The SMILES string of the molecule is CC[C@@H](C(=O)N1CCC(n2cc(C(=O)O)cn2)CC1)c1ccccc1. The lowest BCUT2D eigenvalue weighted by molar-refractivity contribution is -0.134. The number of carboxylic acids is 1.